The zero-order valence-electron chi connectivity index (χ0n) is 12.7. The lowest BCUT2D eigenvalue weighted by Crippen LogP contribution is -2.18. The fraction of sp³-hybridized carbons (Fsp3) is 0.529. The van der Waals surface area contributed by atoms with Crippen molar-refractivity contribution in [3.8, 4) is 5.75 Å². The molecule has 0 aliphatic rings. The van der Waals surface area contributed by atoms with E-state index in [2.05, 4.69) is 57.3 Å². The molecule has 0 unspecified atom stereocenters. The number of ether oxygens (including phenoxy) is 1. The van der Waals surface area contributed by atoms with Crippen molar-refractivity contribution in [2.45, 2.75) is 34.1 Å². The Bertz CT molecular complexity index is 396. The van der Waals surface area contributed by atoms with E-state index in [-0.39, 0.29) is 0 Å². The highest BCUT2D eigenvalue weighted by Gasteiger charge is 2.03. The number of likely N-dealkylation sites (N-methyl/N-ethyl adjacent to an activating group) is 1. The van der Waals surface area contributed by atoms with E-state index in [9.17, 15) is 0 Å². The normalized spacial score (nSPS) is 11.9. The SMILES string of the molecule is CCCOc1cccc(C=C(CNCC)C(C)C)c1. The first-order valence-electron chi connectivity index (χ1n) is 7.31. The molecule has 0 saturated carbocycles. The van der Waals surface area contributed by atoms with Crippen LogP contribution in [0.5, 0.6) is 5.75 Å². The van der Waals surface area contributed by atoms with Gasteiger partial charge in [-0.1, -0.05) is 51.5 Å². The van der Waals surface area contributed by atoms with Crippen molar-refractivity contribution in [1.82, 2.24) is 5.32 Å². The zero-order valence-corrected chi connectivity index (χ0v) is 12.7. The summed E-state index contributed by atoms with van der Waals surface area (Å²) in [6, 6.07) is 8.32. The molecule has 0 atom stereocenters. The van der Waals surface area contributed by atoms with Crippen LogP contribution in [-0.4, -0.2) is 19.7 Å². The first-order chi connectivity index (χ1) is 9.17. The molecular weight excluding hydrogens is 234 g/mol. The summed E-state index contributed by atoms with van der Waals surface area (Å²) >= 11 is 0. The van der Waals surface area contributed by atoms with E-state index in [1.807, 2.05) is 6.07 Å². The Balaban J connectivity index is 2.81. The molecule has 1 aromatic rings. The number of nitrogens with one attached hydrogen (secondary N) is 1. The first kappa shape index (κ1) is 15.8. The van der Waals surface area contributed by atoms with Gasteiger partial charge in [-0.25, -0.2) is 0 Å². The van der Waals surface area contributed by atoms with Crippen molar-refractivity contribution in [2.75, 3.05) is 19.7 Å². The van der Waals surface area contributed by atoms with Crippen LogP contribution in [0.4, 0.5) is 0 Å². The highest BCUT2D eigenvalue weighted by Crippen LogP contribution is 2.18. The van der Waals surface area contributed by atoms with Crippen LogP contribution in [0, 0.1) is 5.92 Å². The fourth-order valence-electron chi connectivity index (χ4n) is 1.82. The standard InChI is InChI=1S/C17H27NO/c1-5-10-19-17-9-7-8-15(12-17)11-16(14(3)4)13-18-6-2/h7-9,11-12,14,18H,5-6,10,13H2,1-4H3. The highest BCUT2D eigenvalue weighted by atomic mass is 16.5. The monoisotopic (exact) mass is 261 g/mol. The summed E-state index contributed by atoms with van der Waals surface area (Å²) < 4.78 is 5.67. The molecule has 0 bridgehead atoms. The van der Waals surface area contributed by atoms with Gasteiger partial charge >= 0.3 is 0 Å². The van der Waals surface area contributed by atoms with Crippen LogP contribution in [0.1, 0.15) is 39.7 Å². The third-order valence-corrected chi connectivity index (χ3v) is 3.00. The fourth-order valence-corrected chi connectivity index (χ4v) is 1.82. The lowest BCUT2D eigenvalue weighted by Gasteiger charge is -2.12. The number of rotatable bonds is 8. The van der Waals surface area contributed by atoms with Crippen molar-refractivity contribution in [1.29, 1.82) is 0 Å². The van der Waals surface area contributed by atoms with E-state index in [1.54, 1.807) is 0 Å². The van der Waals surface area contributed by atoms with Crippen LogP contribution >= 0.6 is 0 Å². The topological polar surface area (TPSA) is 21.3 Å². The first-order valence-corrected chi connectivity index (χ1v) is 7.31. The Morgan fingerprint density at radius 3 is 2.74 bits per heavy atom. The van der Waals surface area contributed by atoms with Crippen molar-refractivity contribution in [3.63, 3.8) is 0 Å². The quantitative estimate of drug-likeness (QED) is 0.760. The zero-order chi connectivity index (χ0) is 14.1. The Morgan fingerprint density at radius 2 is 2.11 bits per heavy atom. The third kappa shape index (κ3) is 5.93. The predicted molar refractivity (Wildman–Crippen MR) is 83.6 cm³/mol. The molecule has 2 heteroatoms. The molecular formula is C17H27NO. The van der Waals surface area contributed by atoms with E-state index in [0.29, 0.717) is 5.92 Å². The molecule has 0 aliphatic carbocycles. The Hall–Kier alpha value is -1.28. The van der Waals surface area contributed by atoms with Gasteiger partial charge in [0.05, 0.1) is 6.61 Å². The summed E-state index contributed by atoms with van der Waals surface area (Å²) in [4.78, 5) is 0. The largest absolute Gasteiger partial charge is 0.494 e. The molecule has 0 saturated heterocycles. The maximum atomic E-state index is 5.67. The molecule has 1 N–H and O–H groups in total. The van der Waals surface area contributed by atoms with Gasteiger partial charge in [-0.15, -0.1) is 0 Å². The molecule has 2 nitrogen and oxygen atoms in total. The van der Waals surface area contributed by atoms with Crippen molar-refractivity contribution >= 4 is 6.08 Å². The molecule has 19 heavy (non-hydrogen) atoms. The van der Waals surface area contributed by atoms with Gasteiger partial charge in [0.15, 0.2) is 0 Å². The van der Waals surface area contributed by atoms with E-state index in [4.69, 9.17) is 4.74 Å². The van der Waals surface area contributed by atoms with E-state index < -0.39 is 0 Å². The molecule has 0 aromatic heterocycles. The van der Waals surface area contributed by atoms with Gasteiger partial charge in [-0.3, -0.25) is 0 Å². The van der Waals surface area contributed by atoms with Crippen LogP contribution in [0.2, 0.25) is 0 Å². The molecule has 0 aliphatic heterocycles. The van der Waals surface area contributed by atoms with Crippen LogP contribution in [0.25, 0.3) is 6.08 Å². The van der Waals surface area contributed by atoms with Crippen molar-refractivity contribution in [2.24, 2.45) is 5.92 Å². The summed E-state index contributed by atoms with van der Waals surface area (Å²) in [6.07, 6.45) is 3.31. The van der Waals surface area contributed by atoms with Crippen molar-refractivity contribution < 1.29 is 4.74 Å². The predicted octanol–water partition coefficient (Wildman–Crippen LogP) is 4.12. The summed E-state index contributed by atoms with van der Waals surface area (Å²) in [7, 11) is 0. The summed E-state index contributed by atoms with van der Waals surface area (Å²) in [6.45, 7) is 11.5. The average molecular weight is 261 g/mol. The van der Waals surface area contributed by atoms with Crippen LogP contribution < -0.4 is 10.1 Å². The van der Waals surface area contributed by atoms with Gasteiger partial charge in [0.1, 0.15) is 5.75 Å². The van der Waals surface area contributed by atoms with Crippen LogP contribution in [-0.2, 0) is 0 Å². The van der Waals surface area contributed by atoms with Gasteiger partial charge in [0.2, 0.25) is 0 Å². The van der Waals surface area contributed by atoms with E-state index in [0.717, 1.165) is 31.9 Å². The van der Waals surface area contributed by atoms with Crippen LogP contribution in [0.15, 0.2) is 29.8 Å². The van der Waals surface area contributed by atoms with Gasteiger partial charge in [0.25, 0.3) is 0 Å². The second-order valence-corrected chi connectivity index (χ2v) is 5.08. The highest BCUT2D eigenvalue weighted by molar-refractivity contribution is 5.55. The average Bonchev–Trinajstić information content (AvgIpc) is 2.41. The number of hydrogen-bond donors (Lipinski definition) is 1. The molecule has 0 fully saturated rings. The summed E-state index contributed by atoms with van der Waals surface area (Å²) in [5, 5.41) is 3.40. The summed E-state index contributed by atoms with van der Waals surface area (Å²) in [5.41, 5.74) is 2.64. The molecule has 0 spiro atoms. The minimum Gasteiger partial charge on any atom is -0.494 e. The Morgan fingerprint density at radius 1 is 1.32 bits per heavy atom. The molecule has 0 heterocycles. The second-order valence-electron chi connectivity index (χ2n) is 5.08. The Labute approximate surface area is 117 Å². The maximum absolute atomic E-state index is 5.67. The minimum atomic E-state index is 0.555. The molecule has 0 radical (unpaired) electrons. The smallest absolute Gasteiger partial charge is 0.119 e. The van der Waals surface area contributed by atoms with E-state index >= 15 is 0 Å². The maximum Gasteiger partial charge on any atom is 0.119 e. The van der Waals surface area contributed by atoms with Gasteiger partial charge < -0.3 is 10.1 Å². The molecule has 106 valence electrons. The molecule has 1 aromatic carbocycles. The van der Waals surface area contributed by atoms with Crippen molar-refractivity contribution in [3.05, 3.63) is 35.4 Å². The van der Waals surface area contributed by atoms with Gasteiger partial charge in [-0.2, -0.15) is 0 Å². The number of benzene rings is 1. The molecule has 0 amide bonds. The molecule has 1 rings (SSSR count). The lowest BCUT2D eigenvalue weighted by atomic mass is 10.00. The lowest BCUT2D eigenvalue weighted by molar-refractivity contribution is 0.317. The Kier molecular flexibility index (Phi) is 7.27. The number of hydrogen-bond acceptors (Lipinski definition) is 2. The second kappa shape index (κ2) is 8.76. The van der Waals surface area contributed by atoms with Gasteiger partial charge in [-0.05, 0) is 36.6 Å². The van der Waals surface area contributed by atoms with E-state index in [1.165, 1.54) is 11.1 Å². The van der Waals surface area contributed by atoms with Crippen LogP contribution in [0.3, 0.4) is 0 Å². The summed E-state index contributed by atoms with van der Waals surface area (Å²) in [5.74, 6) is 1.52. The van der Waals surface area contributed by atoms with Gasteiger partial charge in [0, 0.05) is 6.54 Å². The minimum absolute atomic E-state index is 0.555. The third-order valence-electron chi connectivity index (χ3n) is 3.00.